The lowest BCUT2D eigenvalue weighted by Gasteiger charge is -2.31. The zero-order chi connectivity index (χ0) is 20.9. The fraction of sp³-hybridized carbons (Fsp3) is 0.381. The van der Waals surface area contributed by atoms with E-state index in [-0.39, 0.29) is 17.1 Å². The van der Waals surface area contributed by atoms with Crippen LogP contribution in [0.1, 0.15) is 19.8 Å². The van der Waals surface area contributed by atoms with Gasteiger partial charge in [-0.2, -0.15) is 4.31 Å². The second-order valence-corrected chi connectivity index (χ2v) is 10.9. The molecule has 1 N–H and O–H groups in total. The molecule has 1 unspecified atom stereocenters. The van der Waals surface area contributed by atoms with Crippen LogP contribution in [0.15, 0.2) is 64.4 Å². The number of sulfonamides is 1. The normalized spacial score (nSPS) is 17.0. The van der Waals surface area contributed by atoms with E-state index in [1.54, 1.807) is 34.6 Å². The lowest BCUT2D eigenvalue weighted by atomic mass is 9.98. The molecule has 0 bridgehead atoms. The van der Waals surface area contributed by atoms with Crippen LogP contribution in [-0.4, -0.2) is 43.5 Å². The van der Waals surface area contributed by atoms with Gasteiger partial charge in [0.05, 0.1) is 10.1 Å². The smallest absolute Gasteiger partial charge is 0.243 e. The molecule has 0 aromatic heterocycles. The average Bonchev–Trinajstić information content (AvgIpc) is 2.74. The van der Waals surface area contributed by atoms with Crippen LogP contribution < -0.4 is 5.32 Å². The molecule has 5 nitrogen and oxygen atoms in total. The Balaban J connectivity index is 1.45. The van der Waals surface area contributed by atoms with E-state index < -0.39 is 10.0 Å². The van der Waals surface area contributed by atoms with Crippen LogP contribution in [0, 0.1) is 5.92 Å². The molecule has 0 aliphatic carbocycles. The van der Waals surface area contributed by atoms with Crippen molar-refractivity contribution in [2.24, 2.45) is 5.92 Å². The quantitative estimate of drug-likeness (QED) is 0.644. The summed E-state index contributed by atoms with van der Waals surface area (Å²) in [6, 6.07) is 16.0. The molecule has 0 radical (unpaired) electrons. The van der Waals surface area contributed by atoms with E-state index in [1.807, 2.05) is 31.2 Å². The molecular weight excluding hydrogens is 428 g/mol. The van der Waals surface area contributed by atoms with Gasteiger partial charge < -0.3 is 5.32 Å². The molecule has 2 aromatic rings. The van der Waals surface area contributed by atoms with Crippen molar-refractivity contribution in [1.29, 1.82) is 0 Å². The maximum atomic E-state index is 12.7. The second-order valence-electron chi connectivity index (χ2n) is 7.12. The minimum Gasteiger partial charge on any atom is -0.355 e. The van der Waals surface area contributed by atoms with Gasteiger partial charge in [0, 0.05) is 29.6 Å². The minimum atomic E-state index is -3.43. The molecule has 2 aromatic carbocycles. The van der Waals surface area contributed by atoms with Gasteiger partial charge in [0.2, 0.25) is 15.9 Å². The van der Waals surface area contributed by atoms with Gasteiger partial charge in [-0.05, 0) is 62.1 Å². The van der Waals surface area contributed by atoms with Crippen molar-refractivity contribution in [2.75, 3.05) is 19.6 Å². The number of carbonyl (C=O) groups is 1. The van der Waals surface area contributed by atoms with Crippen molar-refractivity contribution in [3.05, 3.63) is 59.6 Å². The molecule has 1 heterocycles. The van der Waals surface area contributed by atoms with Crippen LogP contribution >= 0.6 is 23.4 Å². The predicted molar refractivity (Wildman–Crippen MR) is 118 cm³/mol. The lowest BCUT2D eigenvalue weighted by molar-refractivity contribution is -0.120. The molecule has 3 rings (SSSR count). The number of amides is 1. The Morgan fingerprint density at radius 1 is 1.14 bits per heavy atom. The molecule has 1 amide bonds. The standard InChI is InChI=1S/C21H25ClN2O3S2/c1-16(28-19-9-7-18(22)8-10-19)21(25)23-15-17-11-13-24(14-12-17)29(26,27)20-5-3-2-4-6-20/h2-10,16-17H,11-15H2,1H3,(H,23,25). The van der Waals surface area contributed by atoms with E-state index >= 15 is 0 Å². The summed E-state index contributed by atoms with van der Waals surface area (Å²) in [5, 5.41) is 3.48. The summed E-state index contributed by atoms with van der Waals surface area (Å²) in [5.74, 6) is 0.276. The summed E-state index contributed by atoms with van der Waals surface area (Å²) in [5.41, 5.74) is 0. The second kappa shape index (κ2) is 9.98. The summed E-state index contributed by atoms with van der Waals surface area (Å²) in [7, 11) is -3.43. The Morgan fingerprint density at radius 2 is 1.76 bits per heavy atom. The molecular formula is C21H25ClN2O3S2. The highest BCUT2D eigenvalue weighted by Gasteiger charge is 2.29. The van der Waals surface area contributed by atoms with Crippen molar-refractivity contribution in [3.63, 3.8) is 0 Å². The van der Waals surface area contributed by atoms with Crippen LogP contribution in [-0.2, 0) is 14.8 Å². The van der Waals surface area contributed by atoms with E-state index in [0.29, 0.717) is 29.6 Å². The van der Waals surface area contributed by atoms with Crippen molar-refractivity contribution in [1.82, 2.24) is 9.62 Å². The van der Waals surface area contributed by atoms with E-state index in [9.17, 15) is 13.2 Å². The summed E-state index contributed by atoms with van der Waals surface area (Å²) in [6.45, 7) is 3.41. The zero-order valence-electron chi connectivity index (χ0n) is 16.3. The summed E-state index contributed by atoms with van der Waals surface area (Å²) >= 11 is 7.38. The first-order chi connectivity index (χ1) is 13.9. The van der Waals surface area contributed by atoms with Crippen LogP contribution in [0.5, 0.6) is 0 Å². The highest BCUT2D eigenvalue weighted by atomic mass is 35.5. The maximum Gasteiger partial charge on any atom is 0.243 e. The molecule has 1 atom stereocenters. The number of rotatable bonds is 7. The maximum absolute atomic E-state index is 12.7. The number of nitrogens with zero attached hydrogens (tertiary/aromatic N) is 1. The predicted octanol–water partition coefficient (Wildman–Crippen LogP) is 4.04. The topological polar surface area (TPSA) is 66.5 Å². The number of thioether (sulfide) groups is 1. The first-order valence-electron chi connectivity index (χ1n) is 9.61. The van der Waals surface area contributed by atoms with Gasteiger partial charge in [0.25, 0.3) is 0 Å². The average molecular weight is 453 g/mol. The van der Waals surface area contributed by atoms with Gasteiger partial charge in [-0.15, -0.1) is 11.8 Å². The monoisotopic (exact) mass is 452 g/mol. The van der Waals surface area contributed by atoms with Crippen molar-refractivity contribution < 1.29 is 13.2 Å². The molecule has 8 heteroatoms. The summed E-state index contributed by atoms with van der Waals surface area (Å²) < 4.78 is 26.9. The van der Waals surface area contributed by atoms with Crippen LogP contribution in [0.25, 0.3) is 0 Å². The van der Waals surface area contributed by atoms with Crippen molar-refractivity contribution >= 4 is 39.3 Å². The molecule has 0 spiro atoms. The van der Waals surface area contributed by atoms with Gasteiger partial charge in [0.1, 0.15) is 0 Å². The number of carbonyl (C=O) groups excluding carboxylic acids is 1. The Kier molecular flexibility index (Phi) is 7.62. The van der Waals surface area contributed by atoms with Gasteiger partial charge in [-0.1, -0.05) is 29.8 Å². The Labute approximate surface area is 181 Å². The van der Waals surface area contributed by atoms with Gasteiger partial charge >= 0.3 is 0 Å². The third kappa shape index (κ3) is 5.98. The number of halogens is 1. The first-order valence-corrected chi connectivity index (χ1v) is 12.3. The van der Waals surface area contributed by atoms with Gasteiger partial charge in [0.15, 0.2) is 0 Å². The first kappa shape index (κ1) is 22.2. The largest absolute Gasteiger partial charge is 0.355 e. The van der Waals surface area contributed by atoms with E-state index in [4.69, 9.17) is 11.6 Å². The SMILES string of the molecule is CC(Sc1ccc(Cl)cc1)C(=O)NCC1CCN(S(=O)(=O)c2ccccc2)CC1. The fourth-order valence-electron chi connectivity index (χ4n) is 3.25. The molecule has 1 fully saturated rings. The van der Waals surface area contributed by atoms with Crippen molar-refractivity contribution in [2.45, 2.75) is 34.8 Å². The third-order valence-corrected chi connectivity index (χ3v) is 8.29. The molecule has 0 saturated carbocycles. The third-order valence-electron chi connectivity index (χ3n) is 5.02. The van der Waals surface area contributed by atoms with E-state index in [2.05, 4.69) is 5.32 Å². The van der Waals surface area contributed by atoms with Gasteiger partial charge in [-0.3, -0.25) is 4.79 Å². The summed E-state index contributed by atoms with van der Waals surface area (Å²) in [6.07, 6.45) is 1.48. The molecule has 1 saturated heterocycles. The minimum absolute atomic E-state index is 0.00992. The Bertz CT molecular complexity index is 913. The number of hydrogen-bond donors (Lipinski definition) is 1. The fourth-order valence-corrected chi connectivity index (χ4v) is 5.76. The van der Waals surface area contributed by atoms with Crippen LogP contribution in [0.4, 0.5) is 0 Å². The lowest BCUT2D eigenvalue weighted by Crippen LogP contribution is -2.42. The Hall–Kier alpha value is -1.54. The number of nitrogens with one attached hydrogen (secondary N) is 1. The molecule has 1 aliphatic heterocycles. The van der Waals surface area contributed by atoms with Gasteiger partial charge in [-0.25, -0.2) is 8.42 Å². The number of piperidine rings is 1. The van der Waals surface area contributed by atoms with E-state index in [1.165, 1.54) is 11.8 Å². The molecule has 1 aliphatic rings. The van der Waals surface area contributed by atoms with Crippen LogP contribution in [0.3, 0.4) is 0 Å². The van der Waals surface area contributed by atoms with Crippen LogP contribution in [0.2, 0.25) is 5.02 Å². The number of benzene rings is 2. The zero-order valence-corrected chi connectivity index (χ0v) is 18.6. The highest BCUT2D eigenvalue weighted by Crippen LogP contribution is 2.26. The van der Waals surface area contributed by atoms with Crippen molar-refractivity contribution in [3.8, 4) is 0 Å². The number of hydrogen-bond acceptors (Lipinski definition) is 4. The Morgan fingerprint density at radius 3 is 2.38 bits per heavy atom. The summed E-state index contributed by atoms with van der Waals surface area (Å²) in [4.78, 5) is 13.7. The molecule has 156 valence electrons. The molecule has 29 heavy (non-hydrogen) atoms. The van der Waals surface area contributed by atoms with E-state index in [0.717, 1.165) is 17.7 Å². The highest BCUT2D eigenvalue weighted by molar-refractivity contribution is 8.00.